The Labute approximate surface area is 292 Å². The van der Waals surface area contributed by atoms with E-state index in [2.05, 4.69) is 143 Å². The third-order valence-corrected chi connectivity index (χ3v) is 10.3. The molecule has 0 unspecified atom stereocenters. The Morgan fingerprint density at radius 3 is 1.65 bits per heavy atom. The lowest BCUT2D eigenvalue weighted by Gasteiger charge is -2.26. The Balaban J connectivity index is 1.10. The fourth-order valence-corrected chi connectivity index (χ4v) is 7.99. The second kappa shape index (κ2) is 10.8. The normalized spacial score (nSPS) is 11.9. The Morgan fingerprint density at radius 1 is 0.373 bits per heavy atom. The van der Waals surface area contributed by atoms with E-state index in [0.29, 0.717) is 5.71 Å². The van der Waals surface area contributed by atoms with Crippen LogP contribution in [-0.2, 0) is 0 Å². The summed E-state index contributed by atoms with van der Waals surface area (Å²) in [7, 11) is 0. The molecular weight excluding hydrogens is 625 g/mol. The minimum Gasteiger partial charge on any atom is -0.456 e. The van der Waals surface area contributed by atoms with Crippen molar-refractivity contribution in [2.24, 2.45) is 0 Å². The van der Waals surface area contributed by atoms with Crippen LogP contribution in [0, 0.1) is 0 Å². The SMILES string of the molecule is c1ccc2c(c1)oc1ccc(N(c3ccc(-c4ccc5c6ccccc6c6ccccc6c5c4)cc3)c3ccnc4oc5ccccc5c34)cc12. The van der Waals surface area contributed by atoms with Crippen LogP contribution in [-0.4, -0.2) is 4.98 Å². The van der Waals surface area contributed by atoms with Crippen molar-refractivity contribution in [3.63, 3.8) is 0 Å². The van der Waals surface area contributed by atoms with Gasteiger partial charge >= 0.3 is 0 Å². The minimum absolute atomic E-state index is 0.612. The number of anilines is 3. The summed E-state index contributed by atoms with van der Waals surface area (Å²) in [5, 5.41) is 11.8. The van der Waals surface area contributed by atoms with Crippen molar-refractivity contribution in [3.05, 3.63) is 170 Å². The average Bonchev–Trinajstić information content (AvgIpc) is 3.77. The highest BCUT2D eigenvalue weighted by Crippen LogP contribution is 2.44. The van der Waals surface area contributed by atoms with Crippen LogP contribution in [0.5, 0.6) is 0 Å². The van der Waals surface area contributed by atoms with Gasteiger partial charge in [-0.3, -0.25) is 0 Å². The number of para-hydroxylation sites is 2. The molecule has 0 N–H and O–H groups in total. The van der Waals surface area contributed by atoms with Crippen molar-refractivity contribution >= 4 is 93.4 Å². The Morgan fingerprint density at radius 2 is 0.922 bits per heavy atom. The molecule has 0 aliphatic rings. The lowest BCUT2D eigenvalue weighted by atomic mass is 9.92. The summed E-state index contributed by atoms with van der Waals surface area (Å²) in [5.41, 5.74) is 8.54. The van der Waals surface area contributed by atoms with Gasteiger partial charge in [0.2, 0.25) is 5.71 Å². The first kappa shape index (κ1) is 28.0. The van der Waals surface area contributed by atoms with Gasteiger partial charge in [-0.25, -0.2) is 4.98 Å². The highest BCUT2D eigenvalue weighted by atomic mass is 16.3. The van der Waals surface area contributed by atoms with Crippen LogP contribution >= 0.6 is 0 Å². The largest absolute Gasteiger partial charge is 0.456 e. The van der Waals surface area contributed by atoms with E-state index in [1.54, 1.807) is 0 Å². The number of furan rings is 2. The summed E-state index contributed by atoms with van der Waals surface area (Å²) in [6, 6.07) is 58.1. The van der Waals surface area contributed by atoms with Crippen molar-refractivity contribution < 1.29 is 8.83 Å². The van der Waals surface area contributed by atoms with Crippen molar-refractivity contribution in [2.75, 3.05) is 4.90 Å². The number of nitrogens with zero attached hydrogens (tertiary/aromatic N) is 2. The lowest BCUT2D eigenvalue weighted by Crippen LogP contribution is -2.10. The second-order valence-electron chi connectivity index (χ2n) is 13.1. The van der Waals surface area contributed by atoms with Crippen molar-refractivity contribution in [1.29, 1.82) is 0 Å². The highest BCUT2D eigenvalue weighted by Gasteiger charge is 2.21. The number of hydrogen-bond acceptors (Lipinski definition) is 4. The van der Waals surface area contributed by atoms with Crippen molar-refractivity contribution in [1.82, 2.24) is 4.98 Å². The van der Waals surface area contributed by atoms with E-state index in [1.807, 2.05) is 36.5 Å². The van der Waals surface area contributed by atoms with Gasteiger partial charge in [0, 0.05) is 33.7 Å². The molecule has 11 rings (SSSR count). The zero-order valence-corrected chi connectivity index (χ0v) is 27.4. The lowest BCUT2D eigenvalue weighted by molar-refractivity contribution is 0.654. The number of aromatic nitrogens is 1. The van der Waals surface area contributed by atoms with Gasteiger partial charge in [0.15, 0.2) is 0 Å². The maximum Gasteiger partial charge on any atom is 0.229 e. The molecule has 3 heterocycles. The van der Waals surface area contributed by atoms with E-state index < -0.39 is 0 Å². The zero-order chi connectivity index (χ0) is 33.5. The van der Waals surface area contributed by atoms with Gasteiger partial charge in [0.1, 0.15) is 16.7 Å². The summed E-state index contributed by atoms with van der Waals surface area (Å²) in [6.45, 7) is 0. The number of benzene rings is 8. The van der Waals surface area contributed by atoms with E-state index in [1.165, 1.54) is 37.9 Å². The molecule has 238 valence electrons. The second-order valence-corrected chi connectivity index (χ2v) is 13.1. The first-order valence-corrected chi connectivity index (χ1v) is 17.2. The Kier molecular flexibility index (Phi) is 5.92. The highest BCUT2D eigenvalue weighted by molar-refractivity contribution is 6.25. The summed E-state index contributed by atoms with van der Waals surface area (Å²) in [5.74, 6) is 0. The maximum absolute atomic E-state index is 6.25. The molecule has 0 aliphatic heterocycles. The molecule has 0 aliphatic carbocycles. The summed E-state index contributed by atoms with van der Waals surface area (Å²) >= 11 is 0. The number of rotatable bonds is 4. The molecule has 0 amide bonds. The molecule has 0 radical (unpaired) electrons. The zero-order valence-electron chi connectivity index (χ0n) is 27.4. The van der Waals surface area contributed by atoms with E-state index >= 15 is 0 Å². The third kappa shape index (κ3) is 4.23. The fraction of sp³-hybridized carbons (Fsp3) is 0. The summed E-state index contributed by atoms with van der Waals surface area (Å²) < 4.78 is 12.5. The Bertz CT molecular complexity index is 3120. The topological polar surface area (TPSA) is 42.4 Å². The number of hydrogen-bond donors (Lipinski definition) is 0. The van der Waals surface area contributed by atoms with E-state index in [-0.39, 0.29) is 0 Å². The van der Waals surface area contributed by atoms with E-state index in [4.69, 9.17) is 8.83 Å². The van der Waals surface area contributed by atoms with Crippen LogP contribution in [0.1, 0.15) is 0 Å². The molecular formula is C47H28N2O2. The van der Waals surface area contributed by atoms with Crippen LogP contribution in [0.2, 0.25) is 0 Å². The smallest absolute Gasteiger partial charge is 0.229 e. The van der Waals surface area contributed by atoms with Gasteiger partial charge < -0.3 is 13.7 Å². The predicted molar refractivity (Wildman–Crippen MR) is 211 cm³/mol. The van der Waals surface area contributed by atoms with Gasteiger partial charge in [-0.15, -0.1) is 0 Å². The van der Waals surface area contributed by atoms with Crippen LogP contribution in [0.3, 0.4) is 0 Å². The quantitative estimate of drug-likeness (QED) is 0.177. The molecule has 0 saturated heterocycles. The van der Waals surface area contributed by atoms with Gasteiger partial charge in [-0.1, -0.05) is 109 Å². The average molecular weight is 653 g/mol. The molecule has 51 heavy (non-hydrogen) atoms. The predicted octanol–water partition coefficient (Wildman–Crippen LogP) is 13.5. The van der Waals surface area contributed by atoms with Crippen molar-refractivity contribution in [2.45, 2.75) is 0 Å². The molecule has 0 bridgehead atoms. The number of pyridine rings is 1. The van der Waals surface area contributed by atoms with Gasteiger partial charge in [-0.05, 0) is 98.0 Å². The Hall–Kier alpha value is -6.91. The maximum atomic E-state index is 6.25. The first-order chi connectivity index (χ1) is 25.3. The molecule has 8 aromatic carbocycles. The molecule has 0 spiro atoms. The molecule has 0 saturated carbocycles. The summed E-state index contributed by atoms with van der Waals surface area (Å²) in [6.07, 6.45) is 1.83. The van der Waals surface area contributed by atoms with Gasteiger partial charge in [0.25, 0.3) is 0 Å². The van der Waals surface area contributed by atoms with Gasteiger partial charge in [0.05, 0.1) is 11.1 Å². The fourth-order valence-electron chi connectivity index (χ4n) is 7.99. The molecule has 4 heteroatoms. The van der Waals surface area contributed by atoms with Gasteiger partial charge in [-0.2, -0.15) is 0 Å². The third-order valence-electron chi connectivity index (χ3n) is 10.3. The molecule has 4 nitrogen and oxygen atoms in total. The van der Waals surface area contributed by atoms with Crippen LogP contribution in [0.15, 0.2) is 179 Å². The van der Waals surface area contributed by atoms with E-state index in [0.717, 1.165) is 60.9 Å². The number of fused-ring (bicyclic) bond motifs is 12. The van der Waals surface area contributed by atoms with Crippen LogP contribution in [0.25, 0.3) is 87.5 Å². The molecule has 3 aromatic heterocycles. The standard InChI is InChI=1S/C47H28N2O2/c1-2-11-35-33(9-1)34-10-3-4-12-36(34)40-27-30(19-23-37(35)40)29-17-20-31(21-18-29)49(32-22-24-45-41(28-32)38-13-5-7-15-43(38)50-45)42-25-26-48-47-46(42)39-14-6-8-16-44(39)51-47/h1-28H. The molecule has 0 atom stereocenters. The molecule has 0 fully saturated rings. The minimum atomic E-state index is 0.612. The van der Waals surface area contributed by atoms with Crippen LogP contribution < -0.4 is 4.90 Å². The summed E-state index contributed by atoms with van der Waals surface area (Å²) in [4.78, 5) is 6.94. The monoisotopic (exact) mass is 652 g/mol. The van der Waals surface area contributed by atoms with Crippen LogP contribution in [0.4, 0.5) is 17.1 Å². The van der Waals surface area contributed by atoms with E-state index in [9.17, 15) is 0 Å². The van der Waals surface area contributed by atoms with Crippen molar-refractivity contribution in [3.8, 4) is 11.1 Å². The molecule has 11 aromatic rings. The first-order valence-electron chi connectivity index (χ1n) is 17.2.